The summed E-state index contributed by atoms with van der Waals surface area (Å²) in [4.78, 5) is 25.1. The van der Waals surface area contributed by atoms with Gasteiger partial charge in [-0.25, -0.2) is 9.59 Å². The Bertz CT molecular complexity index is 1060. The second-order valence-electron chi connectivity index (χ2n) is 8.60. The van der Waals surface area contributed by atoms with E-state index in [2.05, 4.69) is 36.1 Å². The number of halogens is 1. The van der Waals surface area contributed by atoms with Gasteiger partial charge in [0.2, 0.25) is 0 Å². The van der Waals surface area contributed by atoms with Gasteiger partial charge in [0.05, 0.1) is 13.7 Å². The van der Waals surface area contributed by atoms with E-state index in [1.54, 1.807) is 30.3 Å². The molecule has 0 heterocycles. The van der Waals surface area contributed by atoms with Gasteiger partial charge in [-0.05, 0) is 90.6 Å². The Balaban J connectivity index is 1.54. The van der Waals surface area contributed by atoms with Crippen molar-refractivity contribution in [1.29, 1.82) is 0 Å². The van der Waals surface area contributed by atoms with Crippen molar-refractivity contribution < 1.29 is 33.3 Å². The molecule has 0 radical (unpaired) electrons. The van der Waals surface area contributed by atoms with Crippen LogP contribution in [0.2, 0.25) is 0 Å². The van der Waals surface area contributed by atoms with Crippen LogP contribution in [0.15, 0.2) is 43.0 Å². The molecule has 0 amide bonds. The molecule has 1 saturated carbocycles. The number of esters is 2. The molecule has 8 heteroatoms. The molecule has 0 saturated heterocycles. The van der Waals surface area contributed by atoms with Gasteiger partial charge in [-0.3, -0.25) is 0 Å². The van der Waals surface area contributed by atoms with E-state index in [1.807, 2.05) is 12.1 Å². The summed E-state index contributed by atoms with van der Waals surface area (Å²) in [6, 6.07) is 10.5. The fourth-order valence-electron chi connectivity index (χ4n) is 4.20. The van der Waals surface area contributed by atoms with Crippen molar-refractivity contribution in [3.63, 3.8) is 0 Å². The lowest BCUT2D eigenvalue weighted by molar-refractivity contribution is -0.0402. The fraction of sp³-hybridized carbons (Fsp3) is 0.429. The number of carbonyl (C=O) groups is 2. The highest BCUT2D eigenvalue weighted by molar-refractivity contribution is 14.1. The van der Waals surface area contributed by atoms with Crippen molar-refractivity contribution in [3.05, 3.63) is 63.2 Å². The summed E-state index contributed by atoms with van der Waals surface area (Å²) in [5.74, 6) is -0.0454. The monoisotopic (exact) mass is 608 g/mol. The third-order valence-corrected chi connectivity index (χ3v) is 6.98. The van der Waals surface area contributed by atoms with Crippen LogP contribution >= 0.6 is 22.6 Å². The van der Waals surface area contributed by atoms with Crippen LogP contribution < -0.4 is 9.47 Å². The van der Waals surface area contributed by atoms with Gasteiger partial charge in [-0.15, -0.1) is 0 Å². The van der Waals surface area contributed by atoms with E-state index < -0.39 is 5.97 Å². The number of carbonyl (C=O) groups excluding carboxylic acids is 2. The molecule has 1 fully saturated rings. The molecule has 0 unspecified atom stereocenters. The highest BCUT2D eigenvalue weighted by atomic mass is 127. The van der Waals surface area contributed by atoms with Gasteiger partial charge in [0.15, 0.2) is 6.79 Å². The molecule has 2 aromatic rings. The van der Waals surface area contributed by atoms with E-state index in [-0.39, 0.29) is 31.6 Å². The topological polar surface area (TPSA) is 80.3 Å². The van der Waals surface area contributed by atoms with Gasteiger partial charge < -0.3 is 23.7 Å². The van der Waals surface area contributed by atoms with Crippen LogP contribution in [-0.4, -0.2) is 44.7 Å². The van der Waals surface area contributed by atoms with Crippen LogP contribution in [0.4, 0.5) is 0 Å². The summed E-state index contributed by atoms with van der Waals surface area (Å²) >= 11 is 2.18. The van der Waals surface area contributed by atoms with Gasteiger partial charge in [-0.2, -0.15) is 0 Å². The van der Waals surface area contributed by atoms with E-state index in [0.29, 0.717) is 22.6 Å². The lowest BCUT2D eigenvalue weighted by Crippen LogP contribution is -2.36. The Kier molecular flexibility index (Phi) is 10.6. The summed E-state index contributed by atoms with van der Waals surface area (Å²) in [5.41, 5.74) is 1.09. The number of hydrogen-bond acceptors (Lipinski definition) is 7. The molecule has 0 aromatic heterocycles. The first kappa shape index (κ1) is 28.0. The van der Waals surface area contributed by atoms with Gasteiger partial charge in [-0.1, -0.05) is 32.1 Å². The minimum Gasteiger partial charge on any atom is -0.490 e. The van der Waals surface area contributed by atoms with Crippen LogP contribution in [0.5, 0.6) is 11.5 Å². The zero-order valence-electron chi connectivity index (χ0n) is 20.8. The minimum absolute atomic E-state index is 0.0823. The normalized spacial score (nSPS) is 14.5. The van der Waals surface area contributed by atoms with Crippen molar-refractivity contribution in [2.24, 2.45) is 0 Å². The van der Waals surface area contributed by atoms with E-state index in [9.17, 15) is 9.59 Å². The van der Waals surface area contributed by atoms with Crippen LogP contribution in [-0.2, 0) is 14.2 Å². The smallest absolute Gasteiger partial charge is 0.342 e. The van der Waals surface area contributed by atoms with E-state index in [0.717, 1.165) is 41.2 Å². The zero-order valence-corrected chi connectivity index (χ0v) is 23.0. The van der Waals surface area contributed by atoms with Crippen LogP contribution in [0.1, 0.15) is 71.7 Å². The summed E-state index contributed by atoms with van der Waals surface area (Å²) in [6.45, 7) is 6.13. The predicted molar refractivity (Wildman–Crippen MR) is 145 cm³/mol. The largest absolute Gasteiger partial charge is 0.490 e. The zero-order chi connectivity index (χ0) is 26.0. The molecule has 0 N–H and O–H groups in total. The fourth-order valence-corrected chi connectivity index (χ4v) is 4.67. The van der Waals surface area contributed by atoms with Gasteiger partial charge in [0, 0.05) is 3.57 Å². The first-order chi connectivity index (χ1) is 17.4. The lowest BCUT2D eigenvalue weighted by atomic mass is 9.82. The maximum absolute atomic E-state index is 13.1. The average molecular weight is 608 g/mol. The molecule has 0 atom stereocenters. The standard InChI is InChI=1S/C28H33IO7/c1-4-20-9-12-24(23(17-20)26(30)32-3)35-19-33-15-16-34-25-18-21(29)10-11-22(25)27(31)36-28(5-2)13-7-6-8-14-28/h4,9-12,17-18H,1,5-8,13-16,19H2,2-3H3. The van der Waals surface area contributed by atoms with E-state index in [4.69, 9.17) is 23.7 Å². The molecular weight excluding hydrogens is 575 g/mol. The first-order valence-corrected chi connectivity index (χ1v) is 13.2. The lowest BCUT2D eigenvalue weighted by Gasteiger charge is -2.36. The third-order valence-electron chi connectivity index (χ3n) is 6.31. The van der Waals surface area contributed by atoms with E-state index in [1.165, 1.54) is 13.5 Å². The maximum atomic E-state index is 13.1. The third kappa shape index (κ3) is 7.46. The second kappa shape index (κ2) is 13.6. The molecule has 2 aromatic carbocycles. The molecule has 194 valence electrons. The molecule has 1 aliphatic carbocycles. The SMILES string of the molecule is C=Cc1ccc(OCOCCOc2cc(I)ccc2C(=O)OC2(CC)CCCCC2)c(C(=O)OC)c1. The molecule has 0 bridgehead atoms. The quantitative estimate of drug-likeness (QED) is 0.119. The number of hydrogen-bond donors (Lipinski definition) is 0. The average Bonchev–Trinajstić information content (AvgIpc) is 2.90. The van der Waals surface area contributed by atoms with Crippen molar-refractivity contribution in [1.82, 2.24) is 0 Å². The molecule has 7 nitrogen and oxygen atoms in total. The highest BCUT2D eigenvalue weighted by Crippen LogP contribution is 2.36. The van der Waals surface area contributed by atoms with Gasteiger partial charge in [0.1, 0.15) is 34.8 Å². The molecule has 0 aliphatic heterocycles. The van der Waals surface area contributed by atoms with Crippen molar-refractivity contribution >= 4 is 40.6 Å². The number of methoxy groups -OCH3 is 1. The van der Waals surface area contributed by atoms with Gasteiger partial charge in [0.25, 0.3) is 0 Å². The second-order valence-corrected chi connectivity index (χ2v) is 9.84. The molecule has 3 rings (SSSR count). The van der Waals surface area contributed by atoms with Gasteiger partial charge >= 0.3 is 11.9 Å². The minimum atomic E-state index is -0.506. The van der Waals surface area contributed by atoms with Crippen LogP contribution in [0.3, 0.4) is 0 Å². The predicted octanol–water partition coefficient (Wildman–Crippen LogP) is 6.42. The molecule has 36 heavy (non-hydrogen) atoms. The Morgan fingerprint density at radius 2 is 1.75 bits per heavy atom. The number of rotatable bonds is 12. The highest BCUT2D eigenvalue weighted by Gasteiger charge is 2.35. The Morgan fingerprint density at radius 3 is 2.44 bits per heavy atom. The number of benzene rings is 2. The van der Waals surface area contributed by atoms with E-state index >= 15 is 0 Å². The molecular formula is C28H33IO7. The summed E-state index contributed by atoms with van der Waals surface area (Å²) < 4.78 is 28.8. The number of ether oxygens (including phenoxy) is 5. The Labute approximate surface area is 226 Å². The Morgan fingerprint density at radius 1 is 0.972 bits per heavy atom. The first-order valence-electron chi connectivity index (χ1n) is 12.1. The Hall–Kier alpha value is -2.59. The summed E-state index contributed by atoms with van der Waals surface area (Å²) in [5, 5.41) is 0. The van der Waals surface area contributed by atoms with Crippen LogP contribution in [0.25, 0.3) is 6.08 Å². The van der Waals surface area contributed by atoms with Crippen molar-refractivity contribution in [3.8, 4) is 11.5 Å². The molecule has 1 aliphatic rings. The van der Waals surface area contributed by atoms with Crippen molar-refractivity contribution in [2.75, 3.05) is 27.1 Å². The van der Waals surface area contributed by atoms with Crippen molar-refractivity contribution in [2.45, 2.75) is 51.0 Å². The maximum Gasteiger partial charge on any atom is 0.342 e. The summed E-state index contributed by atoms with van der Waals surface area (Å²) in [7, 11) is 1.31. The summed E-state index contributed by atoms with van der Waals surface area (Å²) in [6.07, 6.45) is 7.59. The molecule has 0 spiro atoms. The van der Waals surface area contributed by atoms with Crippen LogP contribution in [0, 0.1) is 3.57 Å².